The Morgan fingerprint density at radius 3 is 2.70 bits per heavy atom. The summed E-state index contributed by atoms with van der Waals surface area (Å²) in [6.45, 7) is 0. The lowest BCUT2D eigenvalue weighted by molar-refractivity contribution is 0.450. The van der Waals surface area contributed by atoms with E-state index >= 15 is 0 Å². The van der Waals surface area contributed by atoms with Crippen LogP contribution in [0.2, 0.25) is 0 Å². The van der Waals surface area contributed by atoms with Crippen LogP contribution >= 0.6 is 11.5 Å². The predicted octanol–water partition coefficient (Wildman–Crippen LogP) is 2.93. The highest BCUT2D eigenvalue weighted by Gasteiger charge is 2.20. The first kappa shape index (κ1) is 13.8. The van der Waals surface area contributed by atoms with Crippen LogP contribution in [-0.4, -0.2) is 12.8 Å². The summed E-state index contributed by atoms with van der Waals surface area (Å²) >= 11 is 1.51. The van der Waals surface area contributed by atoms with Crippen molar-refractivity contribution < 1.29 is 12.6 Å². The normalized spacial score (nSPS) is 17.4. The van der Waals surface area contributed by atoms with Crippen molar-refractivity contribution in [1.29, 1.82) is 0 Å². The third kappa shape index (κ3) is 2.94. The number of hydrogen-bond acceptors (Lipinski definition) is 5. The van der Waals surface area contributed by atoms with Crippen LogP contribution in [0.25, 0.3) is 10.9 Å². The van der Waals surface area contributed by atoms with Gasteiger partial charge in [0.15, 0.2) is 0 Å². The third-order valence-corrected chi connectivity index (χ3v) is 5.13. The molecule has 0 amide bonds. The van der Waals surface area contributed by atoms with Crippen LogP contribution in [0.3, 0.4) is 0 Å². The average Bonchev–Trinajstić information content (AvgIpc) is 2.81. The summed E-state index contributed by atoms with van der Waals surface area (Å²) < 4.78 is 30.9. The highest BCUT2D eigenvalue weighted by molar-refractivity contribution is 7.84. The van der Waals surface area contributed by atoms with Crippen molar-refractivity contribution in [3.05, 3.63) is 23.1 Å². The van der Waals surface area contributed by atoms with Gasteiger partial charge < -0.3 is 4.18 Å². The standard InChI is InChI=1S/C13H16N2O3S2/c14-20(16,17)18-10-6-7-11-12(8-10)15-19-13(11)9-4-2-1-3-5-9/h6-9H,1-5H2,(H2,14,16,17). The molecule has 0 aliphatic heterocycles. The molecular formula is C13H16N2O3S2. The van der Waals surface area contributed by atoms with Crippen LogP contribution in [0.4, 0.5) is 0 Å². The molecule has 2 N–H and O–H groups in total. The van der Waals surface area contributed by atoms with Crippen molar-refractivity contribution >= 4 is 32.7 Å². The molecule has 1 aromatic carbocycles. The zero-order valence-corrected chi connectivity index (χ0v) is 12.5. The van der Waals surface area contributed by atoms with Crippen molar-refractivity contribution in [2.24, 2.45) is 5.14 Å². The molecule has 108 valence electrons. The average molecular weight is 312 g/mol. The second-order valence-electron chi connectivity index (χ2n) is 5.14. The molecule has 3 rings (SSSR count). The van der Waals surface area contributed by atoms with E-state index in [9.17, 15) is 8.42 Å². The van der Waals surface area contributed by atoms with Crippen molar-refractivity contribution in [2.45, 2.75) is 38.0 Å². The van der Waals surface area contributed by atoms with Crippen molar-refractivity contribution in [3.63, 3.8) is 0 Å². The van der Waals surface area contributed by atoms with Gasteiger partial charge in [-0.1, -0.05) is 19.3 Å². The number of benzene rings is 1. The van der Waals surface area contributed by atoms with Gasteiger partial charge in [0.2, 0.25) is 0 Å². The summed E-state index contributed by atoms with van der Waals surface area (Å²) in [7, 11) is -3.98. The number of rotatable bonds is 3. The van der Waals surface area contributed by atoms with E-state index in [1.165, 1.54) is 48.5 Å². The second kappa shape index (κ2) is 5.31. The molecule has 0 bridgehead atoms. The first-order valence-electron chi connectivity index (χ1n) is 6.64. The van der Waals surface area contributed by atoms with Crippen LogP contribution in [0, 0.1) is 0 Å². The minimum atomic E-state index is -3.98. The molecule has 1 aliphatic carbocycles. The molecular weight excluding hydrogens is 296 g/mol. The zero-order valence-electron chi connectivity index (χ0n) is 10.9. The van der Waals surface area contributed by atoms with Gasteiger partial charge in [-0.2, -0.15) is 17.9 Å². The van der Waals surface area contributed by atoms with E-state index in [-0.39, 0.29) is 5.75 Å². The largest absolute Gasteiger partial charge is 0.380 e. The molecule has 0 atom stereocenters. The molecule has 7 heteroatoms. The van der Waals surface area contributed by atoms with Crippen molar-refractivity contribution in [2.75, 3.05) is 0 Å². The first-order chi connectivity index (χ1) is 9.53. The zero-order chi connectivity index (χ0) is 14.2. The highest BCUT2D eigenvalue weighted by Crippen LogP contribution is 2.39. The number of fused-ring (bicyclic) bond motifs is 1. The summed E-state index contributed by atoms with van der Waals surface area (Å²) in [4.78, 5) is 1.31. The molecule has 0 unspecified atom stereocenters. The van der Waals surface area contributed by atoms with E-state index < -0.39 is 10.3 Å². The number of hydrogen-bond donors (Lipinski definition) is 1. The van der Waals surface area contributed by atoms with E-state index in [1.807, 2.05) is 6.07 Å². The van der Waals surface area contributed by atoms with E-state index in [2.05, 4.69) is 8.56 Å². The van der Waals surface area contributed by atoms with Crippen LogP contribution in [-0.2, 0) is 10.3 Å². The SMILES string of the molecule is NS(=O)(=O)Oc1ccc2c(C3CCCCC3)snc2c1. The van der Waals surface area contributed by atoms with Crippen LogP contribution in [0.1, 0.15) is 42.9 Å². The van der Waals surface area contributed by atoms with Gasteiger partial charge in [-0.25, -0.2) is 0 Å². The van der Waals surface area contributed by atoms with Crippen molar-refractivity contribution in [1.82, 2.24) is 4.37 Å². The van der Waals surface area contributed by atoms with Crippen LogP contribution in [0.15, 0.2) is 18.2 Å². The summed E-state index contributed by atoms with van der Waals surface area (Å²) in [5, 5.41) is 5.97. The van der Waals surface area contributed by atoms with E-state index in [0.29, 0.717) is 5.92 Å². The molecule has 0 saturated heterocycles. The first-order valence-corrected chi connectivity index (χ1v) is 8.89. The summed E-state index contributed by atoms with van der Waals surface area (Å²) in [6, 6.07) is 5.14. The van der Waals surface area contributed by atoms with Gasteiger partial charge in [0.25, 0.3) is 0 Å². The van der Waals surface area contributed by atoms with Gasteiger partial charge >= 0.3 is 10.3 Å². The van der Waals surface area contributed by atoms with Crippen LogP contribution in [0.5, 0.6) is 5.75 Å². The Hall–Kier alpha value is -1.18. The fraction of sp³-hybridized carbons (Fsp3) is 0.462. The molecule has 0 spiro atoms. The van der Waals surface area contributed by atoms with Crippen molar-refractivity contribution in [3.8, 4) is 5.75 Å². The maximum absolute atomic E-state index is 10.9. The minimum Gasteiger partial charge on any atom is -0.371 e. The quantitative estimate of drug-likeness (QED) is 0.944. The molecule has 1 aliphatic rings. The lowest BCUT2D eigenvalue weighted by atomic mass is 9.87. The summed E-state index contributed by atoms with van der Waals surface area (Å²) in [5.41, 5.74) is 0.775. The number of nitrogens with two attached hydrogens (primary N) is 1. The topological polar surface area (TPSA) is 82.3 Å². The Morgan fingerprint density at radius 2 is 2.00 bits per heavy atom. The fourth-order valence-electron chi connectivity index (χ4n) is 2.79. The van der Waals surface area contributed by atoms with E-state index in [4.69, 9.17) is 5.14 Å². The fourth-order valence-corrected chi connectivity index (χ4v) is 4.16. The highest BCUT2D eigenvalue weighted by atomic mass is 32.2. The summed E-state index contributed by atoms with van der Waals surface area (Å²) in [5.74, 6) is 0.796. The molecule has 1 fully saturated rings. The van der Waals surface area contributed by atoms with Gasteiger partial charge in [-0.05, 0) is 42.4 Å². The Kier molecular flexibility index (Phi) is 3.66. The molecule has 1 heterocycles. The van der Waals surface area contributed by atoms with Gasteiger partial charge in [0.1, 0.15) is 5.75 Å². The number of nitrogens with zero attached hydrogens (tertiary/aromatic N) is 1. The molecule has 2 aromatic rings. The molecule has 1 aromatic heterocycles. The Balaban J connectivity index is 1.93. The van der Waals surface area contributed by atoms with Gasteiger partial charge in [0, 0.05) is 16.3 Å². The molecule has 1 saturated carbocycles. The van der Waals surface area contributed by atoms with E-state index in [0.717, 1.165) is 10.9 Å². The number of aromatic nitrogens is 1. The molecule has 0 radical (unpaired) electrons. The lowest BCUT2D eigenvalue weighted by Gasteiger charge is -2.20. The van der Waals surface area contributed by atoms with E-state index in [1.54, 1.807) is 12.1 Å². The smallest absolute Gasteiger partial charge is 0.371 e. The summed E-state index contributed by atoms with van der Waals surface area (Å²) in [6.07, 6.45) is 6.30. The maximum Gasteiger partial charge on any atom is 0.380 e. The Bertz CT molecular complexity index is 718. The minimum absolute atomic E-state index is 0.209. The molecule has 5 nitrogen and oxygen atoms in total. The Morgan fingerprint density at radius 1 is 1.25 bits per heavy atom. The van der Waals surface area contributed by atoms with Crippen LogP contribution < -0.4 is 9.32 Å². The lowest BCUT2D eigenvalue weighted by Crippen LogP contribution is -2.18. The molecule has 20 heavy (non-hydrogen) atoms. The Labute approximate surface area is 122 Å². The second-order valence-corrected chi connectivity index (χ2v) is 7.09. The van der Waals surface area contributed by atoms with Gasteiger partial charge in [-0.15, -0.1) is 0 Å². The third-order valence-electron chi connectivity index (χ3n) is 3.67. The maximum atomic E-state index is 10.9. The van der Waals surface area contributed by atoms with Gasteiger partial charge in [-0.3, -0.25) is 0 Å². The van der Waals surface area contributed by atoms with Gasteiger partial charge in [0.05, 0.1) is 5.52 Å². The predicted molar refractivity (Wildman–Crippen MR) is 79.2 cm³/mol. The monoisotopic (exact) mass is 312 g/mol.